The van der Waals surface area contributed by atoms with E-state index in [2.05, 4.69) is 0 Å². The van der Waals surface area contributed by atoms with Crippen LogP contribution < -0.4 is 5.32 Å². The van der Waals surface area contributed by atoms with E-state index >= 15 is 0 Å². The minimum Gasteiger partial charge on any atom is -0.336 e. The molecule has 0 aromatic carbocycles. The molecule has 2 N–H and O–H groups in total. The summed E-state index contributed by atoms with van der Waals surface area (Å²) in [7, 11) is 1.57. The van der Waals surface area contributed by atoms with Crippen LogP contribution in [0, 0.1) is 20.2 Å². The van der Waals surface area contributed by atoms with Gasteiger partial charge in [-0.2, -0.15) is 0 Å². The topological polar surface area (TPSA) is 103 Å². The van der Waals surface area contributed by atoms with Crippen molar-refractivity contribution in [1.82, 2.24) is 0 Å². The molecule has 7 nitrogen and oxygen atoms in total. The summed E-state index contributed by atoms with van der Waals surface area (Å²) in [5, 5.41) is 22.3. The van der Waals surface area contributed by atoms with E-state index in [4.69, 9.17) is 0 Å². The van der Waals surface area contributed by atoms with Gasteiger partial charge in [0.1, 0.15) is 9.85 Å². The minimum absolute atomic E-state index is 0.0999. The Kier molecular flexibility index (Phi) is 3.55. The second-order valence-electron chi connectivity index (χ2n) is 2.46. The third kappa shape index (κ3) is 1.67. The molecule has 0 radical (unpaired) electrons. The van der Waals surface area contributed by atoms with Gasteiger partial charge in [-0.15, -0.1) is 0 Å². The lowest BCUT2D eigenvalue weighted by molar-refractivity contribution is -0.839. The number of likely N-dealkylation sites (N-methyl/N-ethyl adjacent to an activating group) is 1. The first-order valence-corrected chi connectivity index (χ1v) is 3.58. The monoisotopic (exact) mass is 178 g/mol. The van der Waals surface area contributed by atoms with E-state index < -0.39 is 15.5 Å². The largest absolute Gasteiger partial charge is 0.504 e. The number of nitrogens with two attached hydrogens (primary N) is 1. The lowest BCUT2D eigenvalue weighted by Gasteiger charge is -2.12. The Hall–Kier alpha value is -1.24. The number of hydrogen-bond donors (Lipinski definition) is 1. The molecule has 0 heterocycles. The van der Waals surface area contributed by atoms with Crippen LogP contribution in [0.25, 0.3) is 0 Å². The molecular formula is C5H12N3O4+. The number of quaternary nitrogens is 1. The van der Waals surface area contributed by atoms with E-state index in [1.165, 1.54) is 12.2 Å². The molecule has 0 saturated carbocycles. The molecule has 7 heteroatoms. The summed E-state index contributed by atoms with van der Waals surface area (Å²) < 4.78 is 0. The van der Waals surface area contributed by atoms with Gasteiger partial charge >= 0.3 is 5.66 Å². The van der Waals surface area contributed by atoms with Crippen LogP contribution in [-0.4, -0.2) is 29.1 Å². The summed E-state index contributed by atoms with van der Waals surface area (Å²) in [6.07, 6.45) is -0.0999. The van der Waals surface area contributed by atoms with E-state index in [9.17, 15) is 20.2 Å². The van der Waals surface area contributed by atoms with Crippen molar-refractivity contribution in [1.29, 1.82) is 0 Å². The number of rotatable bonds is 5. The zero-order valence-electron chi connectivity index (χ0n) is 7.02. The smallest absolute Gasteiger partial charge is 0.336 e. The molecule has 0 aromatic heterocycles. The Bertz CT molecular complexity index is 179. The Morgan fingerprint density at radius 2 is 1.75 bits per heavy atom. The van der Waals surface area contributed by atoms with Crippen LogP contribution >= 0.6 is 0 Å². The third-order valence-corrected chi connectivity index (χ3v) is 1.78. The molecule has 0 amide bonds. The fourth-order valence-corrected chi connectivity index (χ4v) is 0.945. The maximum Gasteiger partial charge on any atom is 0.504 e. The Balaban J connectivity index is 4.76. The molecule has 0 aliphatic heterocycles. The number of nitrogens with zero attached hydrogens (tertiary/aromatic N) is 2. The summed E-state index contributed by atoms with van der Waals surface area (Å²) in [4.78, 5) is 19.2. The Morgan fingerprint density at radius 3 is 1.83 bits per heavy atom. The number of nitro groups is 2. The highest BCUT2D eigenvalue weighted by Gasteiger charge is 2.55. The molecule has 0 aliphatic rings. The summed E-state index contributed by atoms with van der Waals surface area (Å²) in [5.41, 5.74) is -2.02. The van der Waals surface area contributed by atoms with Crippen LogP contribution in [-0.2, 0) is 0 Å². The van der Waals surface area contributed by atoms with Crippen LogP contribution in [0.5, 0.6) is 0 Å². The molecule has 0 saturated heterocycles. The maximum atomic E-state index is 10.4. The van der Waals surface area contributed by atoms with Crippen molar-refractivity contribution in [3.8, 4) is 0 Å². The molecular weight excluding hydrogens is 166 g/mol. The highest BCUT2D eigenvalue weighted by molar-refractivity contribution is 4.61. The van der Waals surface area contributed by atoms with Gasteiger partial charge in [0.15, 0.2) is 0 Å². The zero-order chi connectivity index (χ0) is 9.78. The third-order valence-electron chi connectivity index (χ3n) is 1.78. The van der Waals surface area contributed by atoms with Crippen LogP contribution in [0.1, 0.15) is 13.3 Å². The van der Waals surface area contributed by atoms with Crippen LogP contribution in [0.15, 0.2) is 0 Å². The molecule has 0 aromatic rings. The molecule has 12 heavy (non-hydrogen) atoms. The van der Waals surface area contributed by atoms with Crippen LogP contribution in [0.2, 0.25) is 0 Å². The van der Waals surface area contributed by atoms with Crippen molar-refractivity contribution in [2.24, 2.45) is 0 Å². The van der Waals surface area contributed by atoms with Gasteiger partial charge in [-0.3, -0.25) is 20.2 Å². The van der Waals surface area contributed by atoms with Crippen molar-refractivity contribution < 1.29 is 15.2 Å². The lowest BCUT2D eigenvalue weighted by atomic mass is 10.1. The van der Waals surface area contributed by atoms with Crippen molar-refractivity contribution in [3.05, 3.63) is 20.2 Å². The molecule has 0 spiro atoms. The first-order valence-electron chi connectivity index (χ1n) is 3.58. The van der Waals surface area contributed by atoms with Crippen LogP contribution in [0.3, 0.4) is 0 Å². The average Bonchev–Trinajstić information content (AvgIpc) is 1.98. The van der Waals surface area contributed by atoms with Crippen molar-refractivity contribution >= 4 is 0 Å². The fraction of sp³-hybridized carbons (Fsp3) is 1.00. The molecule has 0 rings (SSSR count). The number of hydrogen-bond acceptors (Lipinski definition) is 4. The molecule has 0 fully saturated rings. The predicted octanol–water partition coefficient (Wildman–Crippen LogP) is -1.16. The van der Waals surface area contributed by atoms with Crippen molar-refractivity contribution in [2.75, 3.05) is 13.6 Å². The second-order valence-corrected chi connectivity index (χ2v) is 2.46. The van der Waals surface area contributed by atoms with Gasteiger partial charge in [0.25, 0.3) is 0 Å². The highest BCUT2D eigenvalue weighted by atomic mass is 16.7. The first kappa shape index (κ1) is 10.8. The lowest BCUT2D eigenvalue weighted by Crippen LogP contribution is -2.86. The standard InChI is InChI=1S/C5H11N3O4/c1-3-5(4-6-2,7(9)10)8(11)12/h6H,3-4H2,1-2H3/p+1. The molecule has 0 aliphatic carbocycles. The second kappa shape index (κ2) is 3.96. The van der Waals surface area contributed by atoms with Gasteiger partial charge in [-0.1, -0.05) is 6.92 Å². The normalized spacial score (nSPS) is 11.2. The van der Waals surface area contributed by atoms with Gasteiger partial charge < -0.3 is 5.32 Å². The predicted molar refractivity (Wildman–Crippen MR) is 39.7 cm³/mol. The first-order chi connectivity index (χ1) is 5.51. The van der Waals surface area contributed by atoms with Crippen molar-refractivity contribution in [3.63, 3.8) is 0 Å². The molecule has 0 bridgehead atoms. The van der Waals surface area contributed by atoms with E-state index in [0.29, 0.717) is 0 Å². The van der Waals surface area contributed by atoms with Gasteiger partial charge in [-0.25, -0.2) is 0 Å². The Morgan fingerprint density at radius 1 is 1.33 bits per heavy atom. The summed E-state index contributed by atoms with van der Waals surface area (Å²) >= 11 is 0. The van der Waals surface area contributed by atoms with Crippen molar-refractivity contribution in [2.45, 2.75) is 19.0 Å². The average molecular weight is 178 g/mol. The minimum atomic E-state index is -2.02. The molecule has 70 valence electrons. The SMILES string of the molecule is CCC(C[NH2+]C)([N+](=O)[O-])[N+](=O)[O-]. The van der Waals surface area contributed by atoms with Gasteiger partial charge in [0.05, 0.1) is 13.5 Å². The summed E-state index contributed by atoms with van der Waals surface area (Å²) in [5.74, 6) is 0. The highest BCUT2D eigenvalue weighted by Crippen LogP contribution is 2.12. The Labute approximate surface area is 69.1 Å². The fourth-order valence-electron chi connectivity index (χ4n) is 0.945. The summed E-state index contributed by atoms with van der Waals surface area (Å²) in [6, 6.07) is 0. The van der Waals surface area contributed by atoms with Crippen LogP contribution in [0.4, 0.5) is 0 Å². The summed E-state index contributed by atoms with van der Waals surface area (Å²) in [6.45, 7) is 1.30. The van der Waals surface area contributed by atoms with E-state index in [1.807, 2.05) is 0 Å². The van der Waals surface area contributed by atoms with Gasteiger partial charge in [0, 0.05) is 0 Å². The molecule has 0 unspecified atom stereocenters. The van der Waals surface area contributed by atoms with E-state index in [-0.39, 0.29) is 13.0 Å². The van der Waals surface area contributed by atoms with E-state index in [0.717, 1.165) is 0 Å². The van der Waals surface area contributed by atoms with Gasteiger partial charge in [0.2, 0.25) is 6.54 Å². The van der Waals surface area contributed by atoms with Gasteiger partial charge in [-0.05, 0) is 0 Å². The molecule has 0 atom stereocenters. The maximum absolute atomic E-state index is 10.4. The van der Waals surface area contributed by atoms with E-state index in [1.54, 1.807) is 7.05 Å². The zero-order valence-corrected chi connectivity index (χ0v) is 7.02. The quantitative estimate of drug-likeness (QED) is 0.325.